The van der Waals surface area contributed by atoms with Crippen LogP contribution in [0.5, 0.6) is 0 Å². The molecule has 1 aromatic heterocycles. The quantitative estimate of drug-likeness (QED) is 0.389. The van der Waals surface area contributed by atoms with Crippen LogP contribution in [0.3, 0.4) is 0 Å². The first-order valence-corrected chi connectivity index (χ1v) is 5.85. The van der Waals surface area contributed by atoms with E-state index in [2.05, 4.69) is 21.9 Å². The third kappa shape index (κ3) is 3.92. The van der Waals surface area contributed by atoms with Gasteiger partial charge in [-0.3, -0.25) is 11.3 Å². The monoisotopic (exact) mass is 226 g/mol. The van der Waals surface area contributed by atoms with E-state index in [1.807, 2.05) is 19.3 Å². The van der Waals surface area contributed by atoms with Crippen LogP contribution < -0.4 is 11.3 Å². The third-order valence-electron chi connectivity index (χ3n) is 2.62. The Morgan fingerprint density at radius 2 is 2.38 bits per heavy atom. The molecule has 3 N–H and O–H groups in total. The zero-order valence-corrected chi connectivity index (χ0v) is 10.1. The van der Waals surface area contributed by atoms with Gasteiger partial charge in [0.15, 0.2) is 0 Å². The number of rotatable bonds is 8. The molecule has 92 valence electrons. The molecule has 0 aliphatic heterocycles. The first-order chi connectivity index (χ1) is 7.81. The predicted octanol–water partition coefficient (Wildman–Crippen LogP) is 0.704. The van der Waals surface area contributed by atoms with Gasteiger partial charge in [-0.05, 0) is 20.3 Å². The molecular weight excluding hydrogens is 204 g/mol. The molecule has 0 aliphatic carbocycles. The van der Waals surface area contributed by atoms with Gasteiger partial charge in [0.25, 0.3) is 0 Å². The fourth-order valence-electron chi connectivity index (χ4n) is 1.65. The maximum absolute atomic E-state index is 5.52. The molecule has 1 rings (SSSR count). The number of nitrogens with zero attached hydrogens (tertiary/aromatic N) is 2. The predicted molar refractivity (Wildman–Crippen MR) is 63.8 cm³/mol. The van der Waals surface area contributed by atoms with E-state index in [-0.39, 0.29) is 6.04 Å². The van der Waals surface area contributed by atoms with Crippen molar-refractivity contribution in [3.05, 3.63) is 18.2 Å². The Labute approximate surface area is 97.0 Å². The highest BCUT2D eigenvalue weighted by molar-refractivity contribution is 4.95. The number of hydrogen-bond acceptors (Lipinski definition) is 4. The average Bonchev–Trinajstić information content (AvgIpc) is 2.75. The van der Waals surface area contributed by atoms with Crippen LogP contribution >= 0.6 is 0 Å². The lowest BCUT2D eigenvalue weighted by molar-refractivity contribution is 0.136. The maximum Gasteiger partial charge on any atom is 0.110 e. The highest BCUT2D eigenvalue weighted by Crippen LogP contribution is 2.04. The number of hydrogen-bond donors (Lipinski definition) is 2. The molecule has 0 saturated heterocycles. The Kier molecular flexibility index (Phi) is 6.07. The van der Waals surface area contributed by atoms with Crippen molar-refractivity contribution in [2.75, 3.05) is 13.2 Å². The van der Waals surface area contributed by atoms with Crippen LogP contribution in [0.1, 0.15) is 26.1 Å². The fourth-order valence-corrected chi connectivity index (χ4v) is 1.65. The van der Waals surface area contributed by atoms with E-state index in [1.165, 1.54) is 0 Å². The van der Waals surface area contributed by atoms with Gasteiger partial charge in [-0.25, -0.2) is 4.98 Å². The largest absolute Gasteiger partial charge is 0.382 e. The summed E-state index contributed by atoms with van der Waals surface area (Å²) in [5, 5.41) is 0. The SMILES string of the molecule is CCOCCC(Cc1nccn1CC)NN. The summed E-state index contributed by atoms with van der Waals surface area (Å²) in [5.74, 6) is 6.59. The summed E-state index contributed by atoms with van der Waals surface area (Å²) < 4.78 is 7.45. The minimum atomic E-state index is 0.222. The Morgan fingerprint density at radius 3 is 3.00 bits per heavy atom. The van der Waals surface area contributed by atoms with Crippen molar-refractivity contribution in [2.45, 2.75) is 39.3 Å². The Bertz CT molecular complexity index is 287. The molecule has 5 nitrogen and oxygen atoms in total. The molecule has 1 atom stereocenters. The van der Waals surface area contributed by atoms with E-state index in [9.17, 15) is 0 Å². The molecule has 0 amide bonds. The zero-order valence-electron chi connectivity index (χ0n) is 10.1. The Balaban J connectivity index is 2.43. The van der Waals surface area contributed by atoms with E-state index < -0.39 is 0 Å². The van der Waals surface area contributed by atoms with Crippen molar-refractivity contribution >= 4 is 0 Å². The minimum Gasteiger partial charge on any atom is -0.382 e. The second-order valence-corrected chi connectivity index (χ2v) is 3.68. The van der Waals surface area contributed by atoms with Crippen LogP contribution in [0, 0.1) is 0 Å². The lowest BCUT2D eigenvalue weighted by Crippen LogP contribution is -2.38. The fraction of sp³-hybridized carbons (Fsp3) is 0.727. The number of aryl methyl sites for hydroxylation is 1. The van der Waals surface area contributed by atoms with Crippen LogP contribution in [0.15, 0.2) is 12.4 Å². The molecule has 16 heavy (non-hydrogen) atoms. The number of nitrogens with one attached hydrogen (secondary N) is 1. The van der Waals surface area contributed by atoms with Gasteiger partial charge in [-0.15, -0.1) is 0 Å². The molecule has 0 fully saturated rings. The van der Waals surface area contributed by atoms with E-state index in [0.29, 0.717) is 0 Å². The summed E-state index contributed by atoms with van der Waals surface area (Å²) >= 11 is 0. The summed E-state index contributed by atoms with van der Waals surface area (Å²) in [6.45, 7) is 6.53. The van der Waals surface area contributed by atoms with Crippen LogP contribution in [-0.2, 0) is 17.7 Å². The number of aromatic nitrogens is 2. The summed E-state index contributed by atoms with van der Waals surface area (Å²) in [6.07, 6.45) is 5.56. The topological polar surface area (TPSA) is 65.1 Å². The van der Waals surface area contributed by atoms with Gasteiger partial charge in [0.05, 0.1) is 0 Å². The summed E-state index contributed by atoms with van der Waals surface area (Å²) in [7, 11) is 0. The molecule has 0 radical (unpaired) electrons. The number of ether oxygens (including phenoxy) is 1. The van der Waals surface area contributed by atoms with Crippen LogP contribution in [-0.4, -0.2) is 28.8 Å². The highest BCUT2D eigenvalue weighted by Gasteiger charge is 2.11. The van der Waals surface area contributed by atoms with Gasteiger partial charge in [-0.1, -0.05) is 0 Å². The van der Waals surface area contributed by atoms with Crippen molar-refractivity contribution in [1.29, 1.82) is 0 Å². The van der Waals surface area contributed by atoms with Crippen LogP contribution in [0.2, 0.25) is 0 Å². The summed E-state index contributed by atoms with van der Waals surface area (Å²) in [6, 6.07) is 0.222. The zero-order chi connectivity index (χ0) is 11.8. The number of imidazole rings is 1. The van der Waals surface area contributed by atoms with Gasteiger partial charge in [0, 0.05) is 44.6 Å². The summed E-state index contributed by atoms with van der Waals surface area (Å²) in [5.41, 5.74) is 2.82. The smallest absolute Gasteiger partial charge is 0.110 e. The van der Waals surface area contributed by atoms with Gasteiger partial charge in [-0.2, -0.15) is 0 Å². The molecule has 0 bridgehead atoms. The second kappa shape index (κ2) is 7.38. The highest BCUT2D eigenvalue weighted by atomic mass is 16.5. The molecule has 0 saturated carbocycles. The minimum absolute atomic E-state index is 0.222. The Hall–Kier alpha value is -0.910. The molecule has 0 spiro atoms. The Morgan fingerprint density at radius 1 is 1.56 bits per heavy atom. The molecule has 5 heteroatoms. The molecule has 0 aliphatic rings. The van der Waals surface area contributed by atoms with E-state index in [0.717, 1.165) is 38.4 Å². The van der Waals surface area contributed by atoms with Crippen LogP contribution in [0.4, 0.5) is 0 Å². The van der Waals surface area contributed by atoms with Gasteiger partial charge >= 0.3 is 0 Å². The molecular formula is C11H22N4O. The molecule has 0 aromatic carbocycles. The lowest BCUT2D eigenvalue weighted by Gasteiger charge is -2.15. The van der Waals surface area contributed by atoms with E-state index in [1.54, 1.807) is 0 Å². The van der Waals surface area contributed by atoms with Crippen molar-refractivity contribution in [3.8, 4) is 0 Å². The van der Waals surface area contributed by atoms with E-state index >= 15 is 0 Å². The van der Waals surface area contributed by atoms with Crippen molar-refractivity contribution < 1.29 is 4.74 Å². The second-order valence-electron chi connectivity index (χ2n) is 3.68. The average molecular weight is 226 g/mol. The maximum atomic E-state index is 5.52. The van der Waals surface area contributed by atoms with Gasteiger partial charge in [0.1, 0.15) is 5.82 Å². The van der Waals surface area contributed by atoms with E-state index in [4.69, 9.17) is 10.6 Å². The molecule has 1 heterocycles. The standard InChI is InChI=1S/C11H22N4O/c1-3-15-7-6-13-11(15)9-10(14-12)5-8-16-4-2/h6-7,10,14H,3-5,8-9,12H2,1-2H3. The molecule has 1 unspecified atom stereocenters. The van der Waals surface area contributed by atoms with Crippen LogP contribution in [0.25, 0.3) is 0 Å². The van der Waals surface area contributed by atoms with Crippen molar-refractivity contribution in [1.82, 2.24) is 15.0 Å². The van der Waals surface area contributed by atoms with Crippen molar-refractivity contribution in [2.24, 2.45) is 5.84 Å². The first-order valence-electron chi connectivity index (χ1n) is 5.85. The van der Waals surface area contributed by atoms with Crippen molar-refractivity contribution in [3.63, 3.8) is 0 Å². The number of hydrazine groups is 1. The lowest BCUT2D eigenvalue weighted by atomic mass is 10.1. The van der Waals surface area contributed by atoms with Gasteiger partial charge < -0.3 is 9.30 Å². The number of nitrogens with two attached hydrogens (primary N) is 1. The summed E-state index contributed by atoms with van der Waals surface area (Å²) in [4.78, 5) is 4.33. The third-order valence-corrected chi connectivity index (χ3v) is 2.62. The molecule has 1 aromatic rings. The van der Waals surface area contributed by atoms with Gasteiger partial charge in [0.2, 0.25) is 0 Å². The normalized spacial score (nSPS) is 12.9. The first kappa shape index (κ1) is 13.2.